The Morgan fingerprint density at radius 1 is 0.267 bits per heavy atom. The lowest BCUT2D eigenvalue weighted by Crippen LogP contribution is -2.19. The quantitative estimate of drug-likeness (QED) is 0.0865. The molecule has 272 valence electrons. The molecule has 11 heteroatoms. The molecule has 0 aromatic heterocycles. The highest BCUT2D eigenvalue weighted by molar-refractivity contribution is 4.47. The van der Waals surface area contributed by atoms with Crippen LogP contribution in [0.1, 0.15) is 71.1 Å². The highest BCUT2D eigenvalue weighted by Gasteiger charge is 1.97. The van der Waals surface area contributed by atoms with Crippen molar-refractivity contribution in [3.05, 3.63) is 0 Å². The van der Waals surface area contributed by atoms with Crippen molar-refractivity contribution >= 4 is 0 Å². The van der Waals surface area contributed by atoms with Crippen LogP contribution in [0.25, 0.3) is 0 Å². The van der Waals surface area contributed by atoms with Gasteiger partial charge in [0, 0.05) is 13.2 Å². The van der Waals surface area contributed by atoms with Crippen molar-refractivity contribution in [2.45, 2.75) is 71.1 Å². The van der Waals surface area contributed by atoms with E-state index in [1.165, 1.54) is 57.8 Å². The molecule has 0 heterocycles. The highest BCUT2D eigenvalue weighted by atomic mass is 16.6. The molecule has 0 rings (SSSR count). The highest BCUT2D eigenvalue weighted by Crippen LogP contribution is 2.10. The van der Waals surface area contributed by atoms with E-state index in [-0.39, 0.29) is 0 Å². The monoisotopic (exact) mass is 654 g/mol. The third kappa shape index (κ3) is 43.6. The fourth-order valence-corrected chi connectivity index (χ4v) is 4.02. The maximum atomic E-state index is 5.65. The van der Waals surface area contributed by atoms with Gasteiger partial charge >= 0.3 is 0 Å². The van der Waals surface area contributed by atoms with Crippen LogP contribution in [0, 0.1) is 0 Å². The van der Waals surface area contributed by atoms with E-state index < -0.39 is 0 Å². The minimum absolute atomic E-state index is 0.531. The lowest BCUT2D eigenvalue weighted by atomic mass is 10.1. The summed E-state index contributed by atoms with van der Waals surface area (Å²) in [5.41, 5.74) is 0. The van der Waals surface area contributed by atoms with Gasteiger partial charge in [0.1, 0.15) is 0 Å². The summed E-state index contributed by atoms with van der Waals surface area (Å²) >= 11 is 0. The maximum Gasteiger partial charge on any atom is 0.0701 e. The molecule has 0 bridgehead atoms. The Bertz CT molecular complexity index is 519. The second kappa shape index (κ2) is 41.6. The van der Waals surface area contributed by atoms with Crippen molar-refractivity contribution < 1.29 is 47.4 Å². The molecule has 0 aromatic carbocycles. The van der Waals surface area contributed by atoms with E-state index in [1.807, 2.05) is 14.1 Å². The van der Waals surface area contributed by atoms with E-state index in [0.717, 1.165) is 26.2 Å². The molecule has 0 aliphatic heterocycles. The van der Waals surface area contributed by atoms with Crippen molar-refractivity contribution in [3.8, 4) is 0 Å². The summed E-state index contributed by atoms with van der Waals surface area (Å²) in [4.78, 5) is 2.09. The number of likely N-dealkylation sites (N-methyl/N-ethyl adjacent to an activating group) is 1. The van der Waals surface area contributed by atoms with Crippen molar-refractivity contribution in [1.82, 2.24) is 4.90 Å². The van der Waals surface area contributed by atoms with Gasteiger partial charge in [-0.2, -0.15) is 0 Å². The Balaban J connectivity index is 3.04. The van der Waals surface area contributed by atoms with Crippen LogP contribution in [0.5, 0.6) is 0 Å². The average molecular weight is 654 g/mol. The second-order valence-electron chi connectivity index (χ2n) is 11.1. The molecule has 0 aliphatic carbocycles. The fraction of sp³-hybridized carbons (Fsp3) is 1.00. The van der Waals surface area contributed by atoms with Gasteiger partial charge in [0.25, 0.3) is 0 Å². The predicted molar refractivity (Wildman–Crippen MR) is 179 cm³/mol. The zero-order valence-electron chi connectivity index (χ0n) is 29.5. The minimum Gasteiger partial charge on any atom is -0.379 e. The van der Waals surface area contributed by atoms with Gasteiger partial charge in [-0.05, 0) is 20.5 Å². The van der Waals surface area contributed by atoms with Crippen LogP contribution >= 0.6 is 0 Å². The van der Waals surface area contributed by atoms with E-state index in [0.29, 0.717) is 119 Å². The average Bonchev–Trinajstić information content (AvgIpc) is 3.03. The Kier molecular flexibility index (Phi) is 41.2. The standard InChI is InChI=1S/C34H71NO10/c1-4-5-6-7-8-9-10-11-12-13-15-36-17-19-38-21-23-40-25-27-42-29-31-44-33-34-45-32-30-43-28-26-41-24-22-39-20-18-37-16-14-35(2)3/h4-34H2,1-3H3. The number of hydrogen-bond acceptors (Lipinski definition) is 11. The van der Waals surface area contributed by atoms with Gasteiger partial charge in [0.15, 0.2) is 0 Å². The van der Waals surface area contributed by atoms with Gasteiger partial charge in [0.2, 0.25) is 0 Å². The van der Waals surface area contributed by atoms with Crippen molar-refractivity contribution in [3.63, 3.8) is 0 Å². The van der Waals surface area contributed by atoms with Gasteiger partial charge < -0.3 is 52.3 Å². The van der Waals surface area contributed by atoms with Crippen LogP contribution in [0.4, 0.5) is 0 Å². The van der Waals surface area contributed by atoms with E-state index in [4.69, 9.17) is 47.4 Å². The lowest BCUT2D eigenvalue weighted by Gasteiger charge is -2.10. The first-order chi connectivity index (χ1) is 22.3. The Labute approximate surface area is 276 Å². The van der Waals surface area contributed by atoms with Crippen molar-refractivity contribution in [2.24, 2.45) is 0 Å². The molecule has 0 saturated carbocycles. The number of unbranched alkanes of at least 4 members (excludes halogenated alkanes) is 9. The van der Waals surface area contributed by atoms with Crippen LogP contribution < -0.4 is 0 Å². The molecule has 0 amide bonds. The fourth-order valence-electron chi connectivity index (χ4n) is 4.02. The smallest absolute Gasteiger partial charge is 0.0701 e. The third-order valence-corrected chi connectivity index (χ3v) is 6.67. The number of nitrogens with zero attached hydrogens (tertiary/aromatic N) is 1. The van der Waals surface area contributed by atoms with Gasteiger partial charge in [-0.25, -0.2) is 0 Å². The number of rotatable bonds is 41. The SMILES string of the molecule is CCCCCCCCCCCCOCCOCCOCCOCCOCCOCCOCCOCCOCCOCCN(C)C. The first-order valence-corrected chi connectivity index (χ1v) is 17.7. The molecule has 0 spiro atoms. The molecule has 0 aromatic rings. The van der Waals surface area contributed by atoms with E-state index in [2.05, 4.69) is 11.8 Å². The van der Waals surface area contributed by atoms with Gasteiger partial charge in [-0.1, -0.05) is 64.7 Å². The largest absolute Gasteiger partial charge is 0.379 e. The number of ether oxygens (including phenoxy) is 10. The summed E-state index contributed by atoms with van der Waals surface area (Å²) in [5, 5.41) is 0. The molecule has 0 unspecified atom stereocenters. The summed E-state index contributed by atoms with van der Waals surface area (Å²) in [6.45, 7) is 14.8. The van der Waals surface area contributed by atoms with Crippen LogP contribution in [-0.4, -0.2) is 158 Å². The molecule has 0 atom stereocenters. The second-order valence-corrected chi connectivity index (χ2v) is 11.1. The lowest BCUT2D eigenvalue weighted by molar-refractivity contribution is -0.0265. The summed E-state index contributed by atoms with van der Waals surface area (Å²) in [7, 11) is 4.05. The minimum atomic E-state index is 0.531. The summed E-state index contributed by atoms with van der Waals surface area (Å²) in [6, 6.07) is 0. The van der Waals surface area contributed by atoms with Crippen LogP contribution in [0.3, 0.4) is 0 Å². The first-order valence-electron chi connectivity index (χ1n) is 17.7. The molecular formula is C34H71NO10. The Morgan fingerprint density at radius 3 is 0.756 bits per heavy atom. The maximum absolute atomic E-state index is 5.65. The van der Waals surface area contributed by atoms with Crippen molar-refractivity contribution in [1.29, 1.82) is 0 Å². The predicted octanol–water partition coefficient (Wildman–Crippen LogP) is 4.63. The molecule has 0 aliphatic rings. The Hall–Kier alpha value is -0.440. The van der Waals surface area contributed by atoms with Gasteiger partial charge in [0.05, 0.1) is 126 Å². The molecule has 0 N–H and O–H groups in total. The van der Waals surface area contributed by atoms with Crippen molar-refractivity contribution in [2.75, 3.05) is 153 Å². The zero-order chi connectivity index (χ0) is 32.6. The van der Waals surface area contributed by atoms with E-state index in [9.17, 15) is 0 Å². The van der Waals surface area contributed by atoms with Gasteiger partial charge in [-0.3, -0.25) is 0 Å². The molecule has 0 saturated heterocycles. The van der Waals surface area contributed by atoms with Crippen LogP contribution in [0.15, 0.2) is 0 Å². The Morgan fingerprint density at radius 2 is 0.489 bits per heavy atom. The molecule has 0 radical (unpaired) electrons. The third-order valence-electron chi connectivity index (χ3n) is 6.67. The molecular weight excluding hydrogens is 582 g/mol. The van der Waals surface area contributed by atoms with Gasteiger partial charge in [-0.15, -0.1) is 0 Å². The van der Waals surface area contributed by atoms with Crippen LogP contribution in [0.2, 0.25) is 0 Å². The summed E-state index contributed by atoms with van der Waals surface area (Å²) < 4.78 is 55.1. The normalized spacial score (nSPS) is 11.7. The van der Waals surface area contributed by atoms with E-state index in [1.54, 1.807) is 0 Å². The first kappa shape index (κ1) is 44.6. The summed E-state index contributed by atoms with van der Waals surface area (Å²) in [6.07, 6.45) is 13.4. The zero-order valence-corrected chi connectivity index (χ0v) is 29.5. The summed E-state index contributed by atoms with van der Waals surface area (Å²) in [5.74, 6) is 0. The molecule has 0 fully saturated rings. The molecule has 11 nitrogen and oxygen atoms in total. The van der Waals surface area contributed by atoms with E-state index >= 15 is 0 Å². The van der Waals surface area contributed by atoms with Crippen LogP contribution in [-0.2, 0) is 47.4 Å². The number of hydrogen-bond donors (Lipinski definition) is 0. The molecule has 45 heavy (non-hydrogen) atoms. The topological polar surface area (TPSA) is 95.5 Å².